The summed E-state index contributed by atoms with van der Waals surface area (Å²) in [6.45, 7) is 4.16. The van der Waals surface area contributed by atoms with Gasteiger partial charge in [-0.15, -0.1) is 12.4 Å². The number of carbonyl (C=O) groups excluding carboxylic acids is 1. The maximum absolute atomic E-state index is 12.6. The molecule has 4 nitrogen and oxygen atoms in total. The van der Waals surface area contributed by atoms with Crippen molar-refractivity contribution in [3.63, 3.8) is 0 Å². The summed E-state index contributed by atoms with van der Waals surface area (Å²) in [4.78, 5) is 14.7. The Balaban J connectivity index is 0.00000210. The van der Waals surface area contributed by atoms with Gasteiger partial charge in [-0.3, -0.25) is 4.79 Å². The number of likely N-dealkylation sites (tertiary alicyclic amines) is 1. The normalized spacial score (nSPS) is 22.0. The van der Waals surface area contributed by atoms with E-state index in [4.69, 9.17) is 4.74 Å². The summed E-state index contributed by atoms with van der Waals surface area (Å²) >= 11 is 0. The van der Waals surface area contributed by atoms with E-state index < -0.39 is 0 Å². The molecule has 0 radical (unpaired) electrons. The highest BCUT2D eigenvalue weighted by atomic mass is 35.5. The minimum Gasteiger partial charge on any atom is -0.490 e. The zero-order valence-electron chi connectivity index (χ0n) is 16.3. The molecule has 0 aromatic heterocycles. The Labute approximate surface area is 169 Å². The summed E-state index contributed by atoms with van der Waals surface area (Å²) in [5, 5.41) is 3.49. The number of benzene rings is 1. The molecule has 2 aliphatic heterocycles. The number of carbonyl (C=O) groups is 1. The smallest absolute Gasteiger partial charge is 0.222 e. The van der Waals surface area contributed by atoms with Gasteiger partial charge in [-0.1, -0.05) is 12.1 Å². The largest absolute Gasteiger partial charge is 0.490 e. The summed E-state index contributed by atoms with van der Waals surface area (Å²) in [6.07, 6.45) is 10.3. The Kier molecular flexibility index (Phi) is 7.04. The molecule has 1 spiro atoms. The van der Waals surface area contributed by atoms with Gasteiger partial charge in [-0.25, -0.2) is 0 Å². The van der Waals surface area contributed by atoms with Crippen molar-refractivity contribution in [2.45, 2.75) is 63.9 Å². The van der Waals surface area contributed by atoms with Crippen LogP contribution in [0.1, 0.15) is 56.9 Å². The van der Waals surface area contributed by atoms with Crippen molar-refractivity contribution in [3.8, 4) is 5.75 Å². The van der Waals surface area contributed by atoms with Gasteiger partial charge >= 0.3 is 0 Å². The molecule has 5 heteroatoms. The first kappa shape index (κ1) is 20.5. The summed E-state index contributed by atoms with van der Waals surface area (Å²) in [5.74, 6) is 1.28. The van der Waals surface area contributed by atoms with E-state index in [0.29, 0.717) is 23.8 Å². The maximum Gasteiger partial charge on any atom is 0.222 e. The molecule has 3 aliphatic rings. The molecule has 3 fully saturated rings. The molecule has 0 unspecified atom stereocenters. The number of nitrogens with one attached hydrogen (secondary N) is 1. The fraction of sp³-hybridized carbons (Fsp3) is 0.682. The first-order chi connectivity index (χ1) is 12.7. The second-order valence-electron chi connectivity index (χ2n) is 8.48. The third-order valence-corrected chi connectivity index (χ3v) is 6.64. The minimum atomic E-state index is 0. The van der Waals surface area contributed by atoms with Gasteiger partial charge in [0.1, 0.15) is 5.75 Å². The lowest BCUT2D eigenvalue weighted by Crippen LogP contribution is -2.44. The van der Waals surface area contributed by atoms with Crippen molar-refractivity contribution >= 4 is 18.3 Å². The summed E-state index contributed by atoms with van der Waals surface area (Å²) in [7, 11) is 0. The zero-order chi connectivity index (χ0) is 17.8. The number of nitrogens with zero attached hydrogens (tertiary/aromatic N) is 1. The van der Waals surface area contributed by atoms with Crippen LogP contribution in [0, 0.1) is 5.41 Å². The van der Waals surface area contributed by atoms with Gasteiger partial charge in [0, 0.05) is 26.1 Å². The van der Waals surface area contributed by atoms with E-state index in [-0.39, 0.29) is 12.4 Å². The number of hydrogen-bond donors (Lipinski definition) is 1. The van der Waals surface area contributed by atoms with Crippen LogP contribution in [0.5, 0.6) is 5.75 Å². The predicted octanol–water partition coefficient (Wildman–Crippen LogP) is 3.96. The first-order valence-electron chi connectivity index (χ1n) is 10.5. The molecule has 1 saturated carbocycles. The van der Waals surface area contributed by atoms with Gasteiger partial charge in [0.25, 0.3) is 0 Å². The van der Waals surface area contributed by atoms with Crippen LogP contribution in [0.25, 0.3) is 0 Å². The molecular weight excluding hydrogens is 360 g/mol. The monoisotopic (exact) mass is 392 g/mol. The van der Waals surface area contributed by atoms with Gasteiger partial charge in [-0.2, -0.15) is 0 Å². The van der Waals surface area contributed by atoms with Crippen LogP contribution in [0.3, 0.4) is 0 Å². The van der Waals surface area contributed by atoms with E-state index in [9.17, 15) is 4.79 Å². The molecule has 1 aliphatic carbocycles. The first-order valence-corrected chi connectivity index (χ1v) is 10.5. The molecule has 150 valence electrons. The number of piperidine rings is 1. The molecule has 1 aromatic carbocycles. The fourth-order valence-corrected chi connectivity index (χ4v) is 4.84. The lowest BCUT2D eigenvalue weighted by atomic mass is 9.78. The van der Waals surface area contributed by atoms with Crippen LogP contribution >= 0.6 is 12.4 Å². The van der Waals surface area contributed by atoms with E-state index in [1.165, 1.54) is 37.7 Å². The van der Waals surface area contributed by atoms with Crippen molar-refractivity contribution in [1.29, 1.82) is 0 Å². The fourth-order valence-electron chi connectivity index (χ4n) is 4.84. The molecule has 1 N–H and O–H groups in total. The number of hydrogen-bond acceptors (Lipinski definition) is 3. The summed E-state index contributed by atoms with van der Waals surface area (Å²) < 4.78 is 6.09. The minimum absolute atomic E-state index is 0. The molecule has 0 atom stereocenters. The van der Waals surface area contributed by atoms with Crippen LogP contribution < -0.4 is 10.1 Å². The average Bonchev–Trinajstić information content (AvgIpc) is 3.33. The van der Waals surface area contributed by atoms with Crippen molar-refractivity contribution in [1.82, 2.24) is 10.2 Å². The SMILES string of the molecule is Cl.O=C(CCc1cccc(OC2CCCC2)c1)N1CCC2(CCNC2)CC1. The summed E-state index contributed by atoms with van der Waals surface area (Å²) in [6, 6.07) is 8.34. The molecule has 1 amide bonds. The average molecular weight is 393 g/mol. The highest BCUT2D eigenvalue weighted by molar-refractivity contribution is 5.85. The van der Waals surface area contributed by atoms with E-state index in [1.807, 2.05) is 6.07 Å². The molecule has 4 rings (SSSR count). The number of rotatable bonds is 5. The highest BCUT2D eigenvalue weighted by Gasteiger charge is 2.37. The van der Waals surface area contributed by atoms with E-state index >= 15 is 0 Å². The Morgan fingerprint density at radius 2 is 1.96 bits per heavy atom. The quantitative estimate of drug-likeness (QED) is 0.824. The second kappa shape index (κ2) is 9.29. The van der Waals surface area contributed by atoms with Gasteiger partial charge in [0.15, 0.2) is 0 Å². The van der Waals surface area contributed by atoms with Crippen LogP contribution in [0.15, 0.2) is 24.3 Å². The third kappa shape index (κ3) is 5.17. The van der Waals surface area contributed by atoms with Crippen molar-refractivity contribution in [2.24, 2.45) is 5.41 Å². The zero-order valence-corrected chi connectivity index (χ0v) is 17.1. The van der Waals surface area contributed by atoms with Gasteiger partial charge in [0.05, 0.1) is 6.10 Å². The van der Waals surface area contributed by atoms with Crippen molar-refractivity contribution in [3.05, 3.63) is 29.8 Å². The van der Waals surface area contributed by atoms with E-state index in [0.717, 1.165) is 51.2 Å². The van der Waals surface area contributed by atoms with E-state index in [2.05, 4.69) is 28.4 Å². The summed E-state index contributed by atoms with van der Waals surface area (Å²) in [5.41, 5.74) is 1.69. The van der Waals surface area contributed by atoms with Gasteiger partial charge in [-0.05, 0) is 81.0 Å². The molecular formula is C22H33ClN2O2. The molecule has 2 heterocycles. The number of halogens is 1. The number of ether oxygens (including phenoxy) is 1. The Bertz CT molecular complexity index is 614. The lowest BCUT2D eigenvalue weighted by molar-refractivity contribution is -0.133. The molecule has 2 saturated heterocycles. The van der Waals surface area contributed by atoms with Crippen LogP contribution in [0.4, 0.5) is 0 Å². The predicted molar refractivity (Wildman–Crippen MR) is 111 cm³/mol. The molecule has 1 aromatic rings. The number of amides is 1. The van der Waals surface area contributed by atoms with Crippen molar-refractivity contribution < 1.29 is 9.53 Å². The topological polar surface area (TPSA) is 41.6 Å². The van der Waals surface area contributed by atoms with Crippen molar-refractivity contribution in [2.75, 3.05) is 26.2 Å². The molecule has 27 heavy (non-hydrogen) atoms. The molecule has 0 bridgehead atoms. The van der Waals surface area contributed by atoms with Crippen LogP contribution in [-0.2, 0) is 11.2 Å². The van der Waals surface area contributed by atoms with Crippen LogP contribution in [-0.4, -0.2) is 43.1 Å². The Morgan fingerprint density at radius 1 is 1.19 bits per heavy atom. The maximum atomic E-state index is 12.6. The standard InChI is InChI=1S/C22H32N2O2.ClH/c25-21(24-14-11-22(12-15-24)10-13-23-17-22)9-8-18-4-3-7-20(16-18)26-19-5-1-2-6-19;/h3-4,7,16,19,23H,1-2,5-6,8-15,17H2;1H. The van der Waals surface area contributed by atoms with Gasteiger partial charge < -0.3 is 15.0 Å². The van der Waals surface area contributed by atoms with Crippen LogP contribution in [0.2, 0.25) is 0 Å². The van der Waals surface area contributed by atoms with E-state index in [1.54, 1.807) is 0 Å². The Hall–Kier alpha value is -1.26. The number of aryl methyl sites for hydroxylation is 1. The second-order valence-corrected chi connectivity index (χ2v) is 8.48. The highest BCUT2D eigenvalue weighted by Crippen LogP contribution is 2.37. The third-order valence-electron chi connectivity index (χ3n) is 6.64. The lowest BCUT2D eigenvalue weighted by Gasteiger charge is -2.39. The van der Waals surface area contributed by atoms with Gasteiger partial charge in [0.2, 0.25) is 5.91 Å². The Morgan fingerprint density at radius 3 is 2.67 bits per heavy atom.